The van der Waals surface area contributed by atoms with Crippen molar-refractivity contribution in [3.63, 3.8) is 0 Å². The highest BCUT2D eigenvalue weighted by molar-refractivity contribution is 7.13. The Hall–Kier alpha value is -2.48. The van der Waals surface area contributed by atoms with Gasteiger partial charge in [0.1, 0.15) is 0 Å². The Kier molecular flexibility index (Phi) is 5.57. The number of thiophene rings is 1. The second kappa shape index (κ2) is 8.26. The van der Waals surface area contributed by atoms with Gasteiger partial charge in [-0.2, -0.15) is 0 Å². The van der Waals surface area contributed by atoms with Crippen molar-refractivity contribution in [2.45, 2.75) is 6.04 Å². The highest BCUT2D eigenvalue weighted by atomic mass is 35.5. The van der Waals surface area contributed by atoms with Gasteiger partial charge in [0.2, 0.25) is 12.4 Å². The van der Waals surface area contributed by atoms with E-state index in [0.29, 0.717) is 17.5 Å². The summed E-state index contributed by atoms with van der Waals surface area (Å²) in [7, 11) is 2.05. The molecular formula is C20H20ClN5OS. The predicted molar refractivity (Wildman–Crippen MR) is 113 cm³/mol. The summed E-state index contributed by atoms with van der Waals surface area (Å²) in [6, 6.07) is 11.6. The molecule has 1 saturated heterocycles. The van der Waals surface area contributed by atoms with Crippen LogP contribution in [0.1, 0.15) is 11.6 Å². The summed E-state index contributed by atoms with van der Waals surface area (Å²) >= 11 is 8.21. The van der Waals surface area contributed by atoms with Crippen molar-refractivity contribution in [2.24, 2.45) is 0 Å². The number of rotatable bonds is 5. The minimum atomic E-state index is -0.0452. The lowest BCUT2D eigenvalue weighted by molar-refractivity contribution is -0.122. The van der Waals surface area contributed by atoms with Crippen LogP contribution in [0.3, 0.4) is 0 Å². The van der Waals surface area contributed by atoms with E-state index >= 15 is 0 Å². The highest BCUT2D eigenvalue weighted by Crippen LogP contribution is 2.32. The smallest absolute Gasteiger partial charge is 0.227 e. The molecule has 0 saturated carbocycles. The van der Waals surface area contributed by atoms with Crippen molar-refractivity contribution in [1.82, 2.24) is 19.8 Å². The van der Waals surface area contributed by atoms with E-state index in [0.717, 1.165) is 41.3 Å². The number of halogens is 1. The molecule has 144 valence electrons. The predicted octanol–water partition coefficient (Wildman–Crippen LogP) is 4.05. The molecule has 0 radical (unpaired) electrons. The van der Waals surface area contributed by atoms with Crippen molar-refractivity contribution in [1.29, 1.82) is 0 Å². The molecule has 4 rings (SSSR count). The van der Waals surface area contributed by atoms with E-state index < -0.39 is 0 Å². The molecule has 1 fully saturated rings. The molecule has 1 aliphatic rings. The Bertz CT molecular complexity index is 965. The van der Waals surface area contributed by atoms with Crippen LogP contribution < -0.4 is 5.32 Å². The quantitative estimate of drug-likeness (QED) is 0.639. The second-order valence-electron chi connectivity index (χ2n) is 6.73. The van der Waals surface area contributed by atoms with Crippen LogP contribution in [0, 0.1) is 0 Å². The van der Waals surface area contributed by atoms with Crippen LogP contribution in [0.15, 0.2) is 48.0 Å². The van der Waals surface area contributed by atoms with E-state index in [1.807, 2.05) is 46.7 Å². The van der Waals surface area contributed by atoms with Gasteiger partial charge in [0.15, 0.2) is 0 Å². The van der Waals surface area contributed by atoms with E-state index in [1.165, 1.54) is 0 Å². The lowest BCUT2D eigenvalue weighted by Gasteiger charge is -2.38. The molecule has 3 heterocycles. The van der Waals surface area contributed by atoms with Crippen LogP contribution in [0.2, 0.25) is 5.02 Å². The molecule has 1 amide bonds. The van der Waals surface area contributed by atoms with Crippen molar-refractivity contribution in [3.8, 4) is 10.6 Å². The van der Waals surface area contributed by atoms with E-state index in [1.54, 1.807) is 17.5 Å². The fourth-order valence-electron chi connectivity index (χ4n) is 3.32. The monoisotopic (exact) mass is 413 g/mol. The van der Waals surface area contributed by atoms with Crippen LogP contribution in [0.4, 0.5) is 11.6 Å². The summed E-state index contributed by atoms with van der Waals surface area (Å²) in [6.45, 7) is 2.33. The Labute approximate surface area is 172 Å². The summed E-state index contributed by atoms with van der Waals surface area (Å²) < 4.78 is 0. The summed E-state index contributed by atoms with van der Waals surface area (Å²) in [5, 5.41) is 5.85. The fourth-order valence-corrected chi connectivity index (χ4v) is 4.32. The zero-order valence-electron chi connectivity index (χ0n) is 15.4. The van der Waals surface area contributed by atoms with Gasteiger partial charge in [0.05, 0.1) is 16.6 Å². The van der Waals surface area contributed by atoms with Gasteiger partial charge in [0, 0.05) is 36.5 Å². The number of carbonyl (C=O) groups is 1. The molecule has 8 heteroatoms. The first kappa shape index (κ1) is 18.9. The molecule has 1 N–H and O–H groups in total. The maximum atomic E-state index is 11.4. The van der Waals surface area contributed by atoms with E-state index in [4.69, 9.17) is 11.6 Å². The number of nitrogens with zero attached hydrogens (tertiary/aromatic N) is 4. The zero-order chi connectivity index (χ0) is 19.5. The lowest BCUT2D eigenvalue weighted by atomic mass is 10.0. The Morgan fingerprint density at radius 2 is 2.18 bits per heavy atom. The van der Waals surface area contributed by atoms with Crippen molar-refractivity contribution < 1.29 is 4.79 Å². The Balaban J connectivity index is 1.55. The number of nitrogens with one attached hydrogen (secondary N) is 1. The van der Waals surface area contributed by atoms with E-state index in [-0.39, 0.29) is 6.04 Å². The average Bonchev–Trinajstić information content (AvgIpc) is 3.23. The van der Waals surface area contributed by atoms with Gasteiger partial charge in [0.25, 0.3) is 0 Å². The van der Waals surface area contributed by atoms with Gasteiger partial charge < -0.3 is 15.1 Å². The fraction of sp³-hybridized carbons (Fsp3) is 0.250. The van der Waals surface area contributed by atoms with Gasteiger partial charge in [-0.05, 0) is 42.3 Å². The molecule has 1 unspecified atom stereocenters. The third-order valence-electron chi connectivity index (χ3n) is 4.81. The second-order valence-corrected chi connectivity index (χ2v) is 8.08. The first-order valence-corrected chi connectivity index (χ1v) is 10.2. The van der Waals surface area contributed by atoms with Crippen molar-refractivity contribution in [3.05, 3.63) is 58.6 Å². The standard InChI is InChI=1S/C20H20ClN5OS/c1-25-8-9-26(13-27)18(12-25)15-5-4-14(11-16(15)21)23-20-22-7-6-17(24-20)19-3-2-10-28-19/h2-7,10-11,13,18H,8-9,12H2,1H3,(H,22,23,24). The number of hydrogen-bond acceptors (Lipinski definition) is 6. The third kappa shape index (κ3) is 4.01. The van der Waals surface area contributed by atoms with Crippen molar-refractivity contribution >= 4 is 41.0 Å². The van der Waals surface area contributed by atoms with Gasteiger partial charge in [-0.15, -0.1) is 11.3 Å². The van der Waals surface area contributed by atoms with Crippen LogP contribution in [0.25, 0.3) is 10.6 Å². The summed E-state index contributed by atoms with van der Waals surface area (Å²) in [5.74, 6) is 0.515. The number of aromatic nitrogens is 2. The highest BCUT2D eigenvalue weighted by Gasteiger charge is 2.27. The summed E-state index contributed by atoms with van der Waals surface area (Å²) in [6.07, 6.45) is 2.64. The van der Waals surface area contributed by atoms with Gasteiger partial charge >= 0.3 is 0 Å². The minimum absolute atomic E-state index is 0.0452. The normalized spacial score (nSPS) is 17.5. The zero-order valence-corrected chi connectivity index (χ0v) is 17.0. The maximum Gasteiger partial charge on any atom is 0.227 e. The minimum Gasteiger partial charge on any atom is -0.336 e. The molecule has 28 heavy (non-hydrogen) atoms. The SMILES string of the molecule is CN1CCN(C=O)C(c2ccc(Nc3nccc(-c4cccs4)n3)cc2Cl)C1. The summed E-state index contributed by atoms with van der Waals surface area (Å²) in [5.41, 5.74) is 2.63. The third-order valence-corrected chi connectivity index (χ3v) is 6.02. The summed E-state index contributed by atoms with van der Waals surface area (Å²) in [4.78, 5) is 25.4. The molecule has 0 bridgehead atoms. The molecule has 1 atom stereocenters. The van der Waals surface area contributed by atoms with Gasteiger partial charge in [-0.1, -0.05) is 23.7 Å². The van der Waals surface area contributed by atoms with Crippen LogP contribution >= 0.6 is 22.9 Å². The average molecular weight is 414 g/mol. The lowest BCUT2D eigenvalue weighted by Crippen LogP contribution is -2.46. The molecular weight excluding hydrogens is 394 g/mol. The molecule has 6 nitrogen and oxygen atoms in total. The number of likely N-dealkylation sites (N-methyl/N-ethyl adjacent to an activating group) is 1. The number of piperazine rings is 1. The number of carbonyl (C=O) groups excluding carboxylic acids is 1. The maximum absolute atomic E-state index is 11.4. The topological polar surface area (TPSA) is 61.4 Å². The number of anilines is 2. The number of hydrogen-bond donors (Lipinski definition) is 1. The van der Waals surface area contributed by atoms with Crippen LogP contribution in [-0.2, 0) is 4.79 Å². The molecule has 3 aromatic rings. The Morgan fingerprint density at radius 1 is 1.29 bits per heavy atom. The van der Waals surface area contributed by atoms with E-state index in [9.17, 15) is 4.79 Å². The molecule has 1 aliphatic heterocycles. The largest absolute Gasteiger partial charge is 0.336 e. The first-order chi connectivity index (χ1) is 13.6. The molecule has 0 aliphatic carbocycles. The van der Waals surface area contributed by atoms with Gasteiger partial charge in [-0.3, -0.25) is 4.79 Å². The van der Waals surface area contributed by atoms with Gasteiger partial charge in [-0.25, -0.2) is 9.97 Å². The van der Waals surface area contributed by atoms with Crippen LogP contribution in [-0.4, -0.2) is 52.9 Å². The van der Waals surface area contributed by atoms with E-state index in [2.05, 4.69) is 27.2 Å². The van der Waals surface area contributed by atoms with Crippen molar-refractivity contribution in [2.75, 3.05) is 32.0 Å². The number of benzene rings is 1. The first-order valence-electron chi connectivity index (χ1n) is 8.97. The molecule has 2 aromatic heterocycles. The Morgan fingerprint density at radius 3 is 2.93 bits per heavy atom. The number of amides is 1. The molecule has 0 spiro atoms. The molecule has 1 aromatic carbocycles. The van der Waals surface area contributed by atoms with Crippen LogP contribution in [0.5, 0.6) is 0 Å².